The summed E-state index contributed by atoms with van der Waals surface area (Å²) in [5.41, 5.74) is 0.106. The third-order valence-electron chi connectivity index (χ3n) is 3.27. The van der Waals surface area contributed by atoms with Gasteiger partial charge in [0, 0.05) is 6.61 Å². The van der Waals surface area contributed by atoms with Gasteiger partial charge in [-0.1, -0.05) is 18.2 Å². The predicted octanol–water partition coefficient (Wildman–Crippen LogP) is 3.58. The van der Waals surface area contributed by atoms with Crippen molar-refractivity contribution < 1.29 is 18.3 Å². The van der Waals surface area contributed by atoms with E-state index in [1.165, 1.54) is 12.1 Å². The van der Waals surface area contributed by atoms with Crippen LogP contribution in [0, 0.1) is 5.92 Å². The number of halogens is 3. The summed E-state index contributed by atoms with van der Waals surface area (Å²) in [5, 5.41) is 8.98. The van der Waals surface area contributed by atoms with Gasteiger partial charge in [-0.25, -0.2) is 0 Å². The van der Waals surface area contributed by atoms with Gasteiger partial charge in [-0.2, -0.15) is 13.2 Å². The van der Waals surface area contributed by atoms with Gasteiger partial charge in [0.25, 0.3) is 0 Å². The van der Waals surface area contributed by atoms with E-state index in [2.05, 4.69) is 0 Å². The molecule has 1 N–H and O–H groups in total. The average Bonchev–Trinajstić information content (AvgIpc) is 3.09. The molecular weight excluding hydrogens is 229 g/mol. The van der Waals surface area contributed by atoms with Gasteiger partial charge in [0.15, 0.2) is 0 Å². The van der Waals surface area contributed by atoms with E-state index in [4.69, 9.17) is 5.11 Å². The van der Waals surface area contributed by atoms with Gasteiger partial charge in [0.05, 0.1) is 5.56 Å². The lowest BCUT2D eigenvalue weighted by Gasteiger charge is -2.17. The molecule has 1 aromatic rings. The number of rotatable bonds is 4. The largest absolute Gasteiger partial charge is 0.416 e. The lowest BCUT2D eigenvalue weighted by atomic mass is 9.90. The third-order valence-corrected chi connectivity index (χ3v) is 3.27. The molecule has 0 aliphatic heterocycles. The Morgan fingerprint density at radius 1 is 1.29 bits per heavy atom. The molecule has 0 spiro atoms. The molecule has 2 rings (SSSR count). The molecule has 1 aliphatic carbocycles. The highest BCUT2D eigenvalue weighted by Crippen LogP contribution is 2.45. The van der Waals surface area contributed by atoms with Crippen LogP contribution in [0.5, 0.6) is 0 Å². The van der Waals surface area contributed by atoms with Crippen LogP contribution in [0.15, 0.2) is 24.3 Å². The number of benzene rings is 1. The molecule has 0 bridgehead atoms. The second-order valence-electron chi connectivity index (χ2n) is 4.58. The zero-order valence-electron chi connectivity index (χ0n) is 9.37. The van der Waals surface area contributed by atoms with Gasteiger partial charge in [-0.15, -0.1) is 0 Å². The second-order valence-corrected chi connectivity index (χ2v) is 4.58. The maximum atomic E-state index is 12.6. The molecule has 1 aromatic carbocycles. The Morgan fingerprint density at radius 2 is 2.00 bits per heavy atom. The smallest absolute Gasteiger partial charge is 0.396 e. The lowest BCUT2D eigenvalue weighted by molar-refractivity contribution is -0.137. The summed E-state index contributed by atoms with van der Waals surface area (Å²) in [5.74, 6) is 0.521. The minimum absolute atomic E-state index is 0.0252. The molecule has 0 amide bonds. The highest BCUT2D eigenvalue weighted by molar-refractivity contribution is 5.29. The first-order valence-electron chi connectivity index (χ1n) is 5.80. The zero-order valence-corrected chi connectivity index (χ0v) is 9.37. The number of alkyl halides is 3. The first-order valence-corrected chi connectivity index (χ1v) is 5.80. The van der Waals surface area contributed by atoms with Gasteiger partial charge in [0.2, 0.25) is 0 Å². The van der Waals surface area contributed by atoms with Crippen LogP contribution in [0.2, 0.25) is 0 Å². The molecule has 1 atom stereocenters. The van der Waals surface area contributed by atoms with Crippen LogP contribution in [0.25, 0.3) is 0 Å². The molecule has 1 saturated carbocycles. The number of aliphatic hydroxyl groups is 1. The van der Waals surface area contributed by atoms with Gasteiger partial charge < -0.3 is 5.11 Å². The predicted molar refractivity (Wildman–Crippen MR) is 58.6 cm³/mol. The SMILES string of the molecule is OCCC(c1cccc(C(F)(F)F)c1)C1CC1. The van der Waals surface area contributed by atoms with Gasteiger partial charge in [0.1, 0.15) is 0 Å². The van der Waals surface area contributed by atoms with E-state index >= 15 is 0 Å². The first kappa shape index (κ1) is 12.4. The van der Waals surface area contributed by atoms with E-state index < -0.39 is 11.7 Å². The van der Waals surface area contributed by atoms with E-state index in [0.29, 0.717) is 17.9 Å². The summed E-state index contributed by atoms with van der Waals surface area (Å²) < 4.78 is 37.8. The van der Waals surface area contributed by atoms with E-state index in [0.717, 1.165) is 18.9 Å². The Hall–Kier alpha value is -1.03. The molecule has 17 heavy (non-hydrogen) atoms. The molecule has 0 aromatic heterocycles. The summed E-state index contributed by atoms with van der Waals surface area (Å²) in [6, 6.07) is 5.49. The lowest BCUT2D eigenvalue weighted by Crippen LogP contribution is -2.08. The van der Waals surface area contributed by atoms with Crippen LogP contribution in [0.1, 0.15) is 36.3 Å². The molecule has 0 radical (unpaired) electrons. The Kier molecular flexibility index (Phi) is 3.43. The standard InChI is InChI=1S/C13H15F3O/c14-13(15,16)11-3-1-2-10(8-11)12(6-7-17)9-4-5-9/h1-3,8-9,12,17H,4-7H2. The van der Waals surface area contributed by atoms with Gasteiger partial charge in [-0.3, -0.25) is 0 Å². The van der Waals surface area contributed by atoms with E-state index in [1.54, 1.807) is 6.07 Å². The minimum atomic E-state index is -4.29. The van der Waals surface area contributed by atoms with Gasteiger partial charge >= 0.3 is 6.18 Å². The topological polar surface area (TPSA) is 20.2 Å². The van der Waals surface area contributed by atoms with Crippen molar-refractivity contribution in [3.8, 4) is 0 Å². The molecular formula is C13H15F3O. The number of aliphatic hydroxyl groups excluding tert-OH is 1. The summed E-state index contributed by atoms with van der Waals surface area (Å²) in [6.45, 7) is 0.0252. The molecule has 1 unspecified atom stereocenters. The third kappa shape index (κ3) is 3.00. The van der Waals surface area contributed by atoms with Gasteiger partial charge in [-0.05, 0) is 42.7 Å². The van der Waals surface area contributed by atoms with E-state index in [1.807, 2.05) is 0 Å². The molecule has 0 heterocycles. The fraction of sp³-hybridized carbons (Fsp3) is 0.538. The molecule has 1 fully saturated rings. The summed E-state index contributed by atoms with van der Waals surface area (Å²) in [7, 11) is 0. The molecule has 4 heteroatoms. The molecule has 1 aliphatic rings. The van der Waals surface area contributed by atoms with Crippen molar-refractivity contribution >= 4 is 0 Å². The van der Waals surface area contributed by atoms with Crippen molar-refractivity contribution in [3.63, 3.8) is 0 Å². The average molecular weight is 244 g/mol. The maximum Gasteiger partial charge on any atom is 0.416 e. The van der Waals surface area contributed by atoms with E-state index in [-0.39, 0.29) is 12.5 Å². The monoisotopic (exact) mass is 244 g/mol. The second kappa shape index (κ2) is 4.69. The molecule has 94 valence electrons. The van der Waals surface area contributed by atoms with Crippen molar-refractivity contribution in [3.05, 3.63) is 35.4 Å². The normalized spacial score (nSPS) is 18.1. The van der Waals surface area contributed by atoms with Crippen molar-refractivity contribution in [2.24, 2.45) is 5.92 Å². The maximum absolute atomic E-state index is 12.6. The van der Waals surface area contributed by atoms with Crippen LogP contribution in [0.4, 0.5) is 13.2 Å². The summed E-state index contributed by atoms with van der Waals surface area (Å²) >= 11 is 0. The summed E-state index contributed by atoms with van der Waals surface area (Å²) in [6.07, 6.45) is -1.63. The van der Waals surface area contributed by atoms with Crippen LogP contribution in [-0.2, 0) is 6.18 Å². The Bertz CT molecular complexity index is 382. The Balaban J connectivity index is 2.24. The van der Waals surface area contributed by atoms with Crippen LogP contribution in [0.3, 0.4) is 0 Å². The zero-order chi connectivity index (χ0) is 12.5. The quantitative estimate of drug-likeness (QED) is 0.858. The van der Waals surface area contributed by atoms with Crippen molar-refractivity contribution in [1.29, 1.82) is 0 Å². The van der Waals surface area contributed by atoms with Crippen molar-refractivity contribution in [2.45, 2.75) is 31.4 Å². The fourth-order valence-electron chi connectivity index (χ4n) is 2.26. The van der Waals surface area contributed by atoms with Crippen molar-refractivity contribution in [2.75, 3.05) is 6.61 Å². The number of hydrogen-bond donors (Lipinski definition) is 1. The van der Waals surface area contributed by atoms with Crippen molar-refractivity contribution in [1.82, 2.24) is 0 Å². The van der Waals surface area contributed by atoms with Crippen LogP contribution in [-0.4, -0.2) is 11.7 Å². The highest BCUT2D eigenvalue weighted by Gasteiger charge is 2.34. The first-order chi connectivity index (χ1) is 8.02. The summed E-state index contributed by atoms with van der Waals surface area (Å²) in [4.78, 5) is 0. The number of hydrogen-bond acceptors (Lipinski definition) is 1. The fourth-order valence-corrected chi connectivity index (χ4v) is 2.26. The molecule has 1 nitrogen and oxygen atoms in total. The minimum Gasteiger partial charge on any atom is -0.396 e. The van der Waals surface area contributed by atoms with Crippen LogP contribution < -0.4 is 0 Å². The molecule has 0 saturated heterocycles. The Labute approximate surface area is 98.3 Å². The Morgan fingerprint density at radius 3 is 2.53 bits per heavy atom. The van der Waals surface area contributed by atoms with Crippen LogP contribution >= 0.6 is 0 Å². The van der Waals surface area contributed by atoms with E-state index in [9.17, 15) is 13.2 Å². The highest BCUT2D eigenvalue weighted by atomic mass is 19.4.